The number of benzene rings is 1. The Hall–Kier alpha value is -3.50. The van der Waals surface area contributed by atoms with Crippen LogP contribution in [0.2, 0.25) is 0 Å². The van der Waals surface area contributed by atoms with Crippen molar-refractivity contribution in [2.45, 2.75) is 95.2 Å². The molecule has 1 aromatic rings. The van der Waals surface area contributed by atoms with Crippen LogP contribution in [-0.4, -0.2) is 100 Å². The molecule has 0 radical (unpaired) electrons. The molecule has 2 fully saturated rings. The Morgan fingerprint density at radius 3 is 2.53 bits per heavy atom. The number of nitrogens with zero attached hydrogens (tertiary/aromatic N) is 3. The summed E-state index contributed by atoms with van der Waals surface area (Å²) in [5.41, 5.74) is -0.563. The molecule has 4 aliphatic rings. The summed E-state index contributed by atoms with van der Waals surface area (Å²) in [6.45, 7) is 6.50. The number of unbranched alkanes of at least 4 members (excludes halogenated alkanes) is 1. The van der Waals surface area contributed by atoms with Gasteiger partial charge in [-0.2, -0.15) is 0 Å². The Bertz CT molecular complexity index is 1320. The van der Waals surface area contributed by atoms with E-state index in [-0.39, 0.29) is 43.3 Å². The van der Waals surface area contributed by atoms with Gasteiger partial charge in [-0.15, -0.1) is 0 Å². The van der Waals surface area contributed by atoms with Crippen LogP contribution in [0.1, 0.15) is 71.0 Å². The number of likely N-dealkylation sites (N-methyl/N-ethyl adjacent to an activating group) is 1. The van der Waals surface area contributed by atoms with Gasteiger partial charge in [0, 0.05) is 39.2 Å². The van der Waals surface area contributed by atoms with Crippen LogP contribution >= 0.6 is 0 Å². The molecule has 0 aliphatic carbocycles. The summed E-state index contributed by atoms with van der Waals surface area (Å²) in [6.07, 6.45) is 9.36. The van der Waals surface area contributed by atoms with Crippen molar-refractivity contribution in [1.29, 1.82) is 0 Å². The van der Waals surface area contributed by atoms with Crippen molar-refractivity contribution < 1.29 is 33.8 Å². The average molecular weight is 622 g/mol. The molecule has 1 spiro atoms. The second-order valence-corrected chi connectivity index (χ2v) is 12.8. The maximum Gasteiger partial charge on any atom is 0.313 e. The minimum Gasteiger partial charge on any atom is -0.455 e. The number of amides is 3. The molecule has 0 aromatic heterocycles. The van der Waals surface area contributed by atoms with Gasteiger partial charge in [0.25, 0.3) is 0 Å². The zero-order valence-electron chi connectivity index (χ0n) is 26.8. The van der Waals surface area contributed by atoms with E-state index < -0.39 is 47.7 Å². The normalized spacial score (nSPS) is 33.5. The molecule has 45 heavy (non-hydrogen) atoms. The second kappa shape index (κ2) is 13.9. The third-order valence-corrected chi connectivity index (χ3v) is 10.0. The maximum atomic E-state index is 14.6. The van der Waals surface area contributed by atoms with Gasteiger partial charge >= 0.3 is 5.97 Å². The van der Waals surface area contributed by atoms with Gasteiger partial charge in [-0.1, -0.05) is 68.0 Å². The monoisotopic (exact) mass is 621 g/mol. The van der Waals surface area contributed by atoms with Crippen molar-refractivity contribution in [3.63, 3.8) is 0 Å². The zero-order valence-corrected chi connectivity index (χ0v) is 26.8. The number of carbonyl (C=O) groups excluding carboxylic acids is 4. The quantitative estimate of drug-likeness (QED) is 0.269. The molecule has 3 amide bonds. The largest absolute Gasteiger partial charge is 0.455 e. The summed E-state index contributed by atoms with van der Waals surface area (Å²) in [5, 5.41) is 9.48. The average Bonchev–Trinajstić information content (AvgIpc) is 3.68. The van der Waals surface area contributed by atoms with Crippen molar-refractivity contribution in [2.24, 2.45) is 11.8 Å². The van der Waals surface area contributed by atoms with Gasteiger partial charge in [-0.25, -0.2) is 0 Å². The zero-order chi connectivity index (χ0) is 32.3. The van der Waals surface area contributed by atoms with Crippen LogP contribution in [0.4, 0.5) is 0 Å². The molecule has 4 aliphatic heterocycles. The first kappa shape index (κ1) is 32.9. The first-order valence-corrected chi connectivity index (χ1v) is 16.4. The lowest BCUT2D eigenvalue weighted by Gasteiger charge is -2.38. The number of allylic oxidation sites excluding steroid dienone is 1. The van der Waals surface area contributed by atoms with Crippen LogP contribution < -0.4 is 0 Å². The van der Waals surface area contributed by atoms with Crippen molar-refractivity contribution in [3.8, 4) is 0 Å². The predicted octanol–water partition coefficient (Wildman–Crippen LogP) is 3.41. The fourth-order valence-corrected chi connectivity index (χ4v) is 7.48. The first-order chi connectivity index (χ1) is 21.7. The molecule has 244 valence electrons. The highest BCUT2D eigenvalue weighted by molar-refractivity contribution is 5.99. The van der Waals surface area contributed by atoms with E-state index in [9.17, 15) is 24.3 Å². The Labute approximate surface area is 266 Å². The van der Waals surface area contributed by atoms with Gasteiger partial charge in [0.15, 0.2) is 0 Å². The number of carbonyl (C=O) groups is 4. The molecule has 1 unspecified atom stereocenters. The van der Waals surface area contributed by atoms with Crippen molar-refractivity contribution in [1.82, 2.24) is 14.7 Å². The Balaban J connectivity index is 1.59. The summed E-state index contributed by atoms with van der Waals surface area (Å²) in [7, 11) is 1.72. The van der Waals surface area contributed by atoms with Crippen molar-refractivity contribution in [3.05, 3.63) is 60.2 Å². The van der Waals surface area contributed by atoms with E-state index in [0.29, 0.717) is 25.8 Å². The molecule has 5 rings (SSSR count). The summed E-state index contributed by atoms with van der Waals surface area (Å²) >= 11 is 0. The topological polar surface area (TPSA) is 117 Å². The number of aliphatic hydroxyl groups excluding tert-OH is 1. The van der Waals surface area contributed by atoms with Crippen LogP contribution in [0.15, 0.2) is 54.6 Å². The Morgan fingerprint density at radius 2 is 1.82 bits per heavy atom. The van der Waals surface area contributed by atoms with E-state index in [0.717, 1.165) is 18.4 Å². The molecule has 2 saturated heterocycles. The van der Waals surface area contributed by atoms with Crippen molar-refractivity contribution in [2.75, 3.05) is 26.7 Å². The van der Waals surface area contributed by atoms with Gasteiger partial charge in [-0.3, -0.25) is 19.2 Å². The molecule has 10 heteroatoms. The third-order valence-electron chi connectivity index (χ3n) is 10.0. The summed E-state index contributed by atoms with van der Waals surface area (Å²) in [5.74, 6) is -3.08. The van der Waals surface area contributed by atoms with Gasteiger partial charge in [0.2, 0.25) is 17.7 Å². The number of likely N-dealkylation sites (tertiary alicyclic amines) is 1. The van der Waals surface area contributed by atoms with Crippen molar-refractivity contribution >= 4 is 23.7 Å². The van der Waals surface area contributed by atoms with Crippen LogP contribution in [0, 0.1) is 11.8 Å². The number of fused-ring (bicyclic) bond motifs is 2. The third kappa shape index (κ3) is 6.06. The molecular formula is C35H47N3O7. The highest BCUT2D eigenvalue weighted by Crippen LogP contribution is 2.56. The highest BCUT2D eigenvalue weighted by Gasteiger charge is 2.73. The number of esters is 1. The number of aliphatic hydroxyl groups is 1. The molecule has 1 aromatic carbocycles. The molecule has 0 saturated carbocycles. The number of ether oxygens (including phenoxy) is 2. The Kier molecular flexibility index (Phi) is 10.1. The van der Waals surface area contributed by atoms with Gasteiger partial charge in [-0.05, 0) is 45.1 Å². The van der Waals surface area contributed by atoms with Crippen LogP contribution in [-0.2, 0) is 28.7 Å². The molecule has 10 nitrogen and oxygen atoms in total. The minimum absolute atomic E-state index is 0.0247. The Morgan fingerprint density at radius 1 is 1.07 bits per heavy atom. The van der Waals surface area contributed by atoms with E-state index in [1.54, 1.807) is 27.8 Å². The highest BCUT2D eigenvalue weighted by atomic mass is 16.6. The summed E-state index contributed by atoms with van der Waals surface area (Å²) < 4.78 is 12.8. The number of cyclic esters (lactones) is 1. The fraction of sp³-hybridized carbons (Fsp3) is 0.600. The van der Waals surface area contributed by atoms with E-state index >= 15 is 0 Å². The summed E-state index contributed by atoms with van der Waals surface area (Å²) in [4.78, 5) is 61.4. The fourth-order valence-electron chi connectivity index (χ4n) is 7.48. The summed E-state index contributed by atoms with van der Waals surface area (Å²) in [6, 6.07) is 7.77. The number of rotatable bonds is 8. The van der Waals surface area contributed by atoms with E-state index in [1.165, 1.54) is 0 Å². The first-order valence-electron chi connectivity index (χ1n) is 16.4. The SMILES string of the molecule is CCCC(C)N1C/C=C\CCC(=O)N(C)[C@@H](C)[C@H](c2ccccc2)OC(=O)[C@@H]2[C@H]3C(=O)N(CCCCO)[C@H](C1=O)[C@]31C=C[C@H]2O1. The second-order valence-electron chi connectivity index (χ2n) is 12.8. The van der Waals surface area contributed by atoms with E-state index in [4.69, 9.17) is 9.47 Å². The smallest absolute Gasteiger partial charge is 0.313 e. The van der Waals surface area contributed by atoms with Gasteiger partial charge < -0.3 is 29.3 Å². The van der Waals surface area contributed by atoms with Gasteiger partial charge in [0.1, 0.15) is 23.7 Å². The van der Waals surface area contributed by atoms with E-state index in [2.05, 4.69) is 6.92 Å². The van der Waals surface area contributed by atoms with E-state index in [1.807, 2.05) is 62.4 Å². The molecule has 5 bridgehead atoms. The van der Waals surface area contributed by atoms with Crippen LogP contribution in [0.3, 0.4) is 0 Å². The van der Waals surface area contributed by atoms with Crippen LogP contribution in [0.25, 0.3) is 0 Å². The lowest BCUT2D eigenvalue weighted by Crippen LogP contribution is -2.57. The lowest BCUT2D eigenvalue weighted by molar-refractivity contribution is -0.164. The van der Waals surface area contributed by atoms with Crippen LogP contribution in [0.5, 0.6) is 0 Å². The maximum absolute atomic E-state index is 14.6. The minimum atomic E-state index is -1.30. The standard InChI is InChI=1S/C35H47N3O7/c1-5-14-23(2)37-20-11-7-10-17-27(40)36(4)24(3)30(25-15-8-6-9-16-25)44-34(43)28-26-18-19-35(45-26)29(28)32(41)38(21-12-13-22-39)31(35)33(37)42/h6-9,11,15-16,18-19,23-24,26,28-31,39H,5,10,12-14,17,20-22H2,1-4H3/b11-7-/t23?,24-,26+,28-,29-,30+,31+,35-/m0/s1. The number of hydrogen-bond donors (Lipinski definition) is 1. The molecule has 4 heterocycles. The molecule has 1 N–H and O–H groups in total. The number of hydrogen-bond acceptors (Lipinski definition) is 7. The predicted molar refractivity (Wildman–Crippen MR) is 168 cm³/mol. The van der Waals surface area contributed by atoms with Gasteiger partial charge in [0.05, 0.1) is 18.1 Å². The molecular weight excluding hydrogens is 574 g/mol. The molecule has 8 atom stereocenters. The lowest BCUT2D eigenvalue weighted by atomic mass is 9.74.